The van der Waals surface area contributed by atoms with Crippen molar-refractivity contribution in [1.29, 1.82) is 0 Å². The molecule has 4 heteroatoms. The number of carbonyl (C=O) groups is 1. The highest BCUT2D eigenvalue weighted by Gasteiger charge is 2.43. The Kier molecular flexibility index (Phi) is 4.28. The SMILES string of the molecule is CC1CCC2(CC1)OCC(CNC(=O)C(C)C)O2. The van der Waals surface area contributed by atoms with Crippen LogP contribution < -0.4 is 5.32 Å². The summed E-state index contributed by atoms with van der Waals surface area (Å²) in [6, 6.07) is 0. The Morgan fingerprint density at radius 1 is 1.39 bits per heavy atom. The molecule has 2 aliphatic rings. The van der Waals surface area contributed by atoms with Gasteiger partial charge in [0.25, 0.3) is 0 Å². The number of ether oxygens (including phenoxy) is 2. The minimum absolute atomic E-state index is 0.0149. The molecule has 1 amide bonds. The van der Waals surface area contributed by atoms with Gasteiger partial charge in [-0.15, -0.1) is 0 Å². The molecule has 104 valence electrons. The number of nitrogens with one attached hydrogen (secondary N) is 1. The zero-order valence-corrected chi connectivity index (χ0v) is 11.7. The molecule has 1 aliphatic heterocycles. The molecule has 0 aromatic carbocycles. The van der Waals surface area contributed by atoms with Crippen molar-refractivity contribution in [1.82, 2.24) is 5.32 Å². The van der Waals surface area contributed by atoms with Gasteiger partial charge in [0.1, 0.15) is 6.10 Å². The third kappa shape index (κ3) is 3.23. The smallest absolute Gasteiger partial charge is 0.222 e. The molecular formula is C14H25NO3. The largest absolute Gasteiger partial charge is 0.353 e. The van der Waals surface area contributed by atoms with Gasteiger partial charge in [0.15, 0.2) is 5.79 Å². The summed E-state index contributed by atoms with van der Waals surface area (Å²) >= 11 is 0. The standard InChI is InChI=1S/C14H25NO3/c1-10(2)13(16)15-8-12-9-17-14(18-12)6-4-11(3)5-7-14/h10-12H,4-9H2,1-3H3,(H,15,16). The maximum absolute atomic E-state index is 11.5. The lowest BCUT2D eigenvalue weighted by atomic mass is 9.86. The van der Waals surface area contributed by atoms with E-state index in [0.29, 0.717) is 13.2 Å². The summed E-state index contributed by atoms with van der Waals surface area (Å²) in [6.07, 6.45) is 4.34. The van der Waals surface area contributed by atoms with Crippen LogP contribution in [0.2, 0.25) is 0 Å². The third-order valence-electron chi connectivity index (χ3n) is 3.98. The minimum atomic E-state index is -0.347. The summed E-state index contributed by atoms with van der Waals surface area (Å²) in [6.45, 7) is 7.24. The van der Waals surface area contributed by atoms with Crippen LogP contribution in [0.5, 0.6) is 0 Å². The van der Waals surface area contributed by atoms with Crippen LogP contribution >= 0.6 is 0 Å². The molecule has 18 heavy (non-hydrogen) atoms. The molecule has 1 saturated carbocycles. The maximum atomic E-state index is 11.5. The lowest BCUT2D eigenvalue weighted by molar-refractivity contribution is -0.191. The van der Waals surface area contributed by atoms with E-state index < -0.39 is 0 Å². The van der Waals surface area contributed by atoms with E-state index >= 15 is 0 Å². The molecule has 2 rings (SSSR count). The predicted molar refractivity (Wildman–Crippen MR) is 69.0 cm³/mol. The topological polar surface area (TPSA) is 47.6 Å². The summed E-state index contributed by atoms with van der Waals surface area (Å²) in [5.74, 6) is 0.538. The Hall–Kier alpha value is -0.610. The lowest BCUT2D eigenvalue weighted by Crippen LogP contribution is -2.39. The van der Waals surface area contributed by atoms with E-state index in [2.05, 4.69) is 12.2 Å². The summed E-state index contributed by atoms with van der Waals surface area (Å²) in [5, 5.41) is 2.91. The molecule has 1 spiro atoms. The molecule has 4 nitrogen and oxygen atoms in total. The number of hydrogen-bond donors (Lipinski definition) is 1. The summed E-state index contributed by atoms with van der Waals surface area (Å²) < 4.78 is 11.9. The molecule has 1 saturated heterocycles. The van der Waals surface area contributed by atoms with Crippen LogP contribution in [0.15, 0.2) is 0 Å². The predicted octanol–water partition coefficient (Wildman–Crippen LogP) is 2.08. The van der Waals surface area contributed by atoms with Gasteiger partial charge in [0.2, 0.25) is 5.91 Å². The average molecular weight is 255 g/mol. The molecule has 0 aromatic heterocycles. The van der Waals surface area contributed by atoms with Crippen molar-refractivity contribution in [3.05, 3.63) is 0 Å². The molecule has 1 unspecified atom stereocenters. The monoisotopic (exact) mass is 255 g/mol. The Labute approximate surface area is 109 Å². The van der Waals surface area contributed by atoms with Crippen LogP contribution in [-0.4, -0.2) is 30.9 Å². The molecule has 1 atom stereocenters. The van der Waals surface area contributed by atoms with Crippen molar-refractivity contribution in [3.8, 4) is 0 Å². The van der Waals surface area contributed by atoms with Gasteiger partial charge in [-0.05, 0) is 18.8 Å². The first-order valence-electron chi connectivity index (χ1n) is 7.10. The fraction of sp³-hybridized carbons (Fsp3) is 0.929. The number of carbonyl (C=O) groups excluding carboxylic acids is 1. The van der Waals surface area contributed by atoms with Crippen molar-refractivity contribution < 1.29 is 14.3 Å². The van der Waals surface area contributed by atoms with E-state index in [9.17, 15) is 4.79 Å². The van der Waals surface area contributed by atoms with Gasteiger partial charge in [-0.3, -0.25) is 4.79 Å². The second-order valence-corrected chi connectivity index (χ2v) is 6.04. The van der Waals surface area contributed by atoms with Crippen LogP contribution in [0.1, 0.15) is 46.5 Å². The Bertz CT molecular complexity index is 295. The highest BCUT2D eigenvalue weighted by molar-refractivity contribution is 5.77. The zero-order valence-electron chi connectivity index (χ0n) is 11.7. The van der Waals surface area contributed by atoms with Crippen LogP contribution in [0.4, 0.5) is 0 Å². The summed E-state index contributed by atoms with van der Waals surface area (Å²) in [7, 11) is 0. The van der Waals surface area contributed by atoms with E-state index in [1.54, 1.807) is 0 Å². The molecule has 1 heterocycles. The van der Waals surface area contributed by atoms with Crippen molar-refractivity contribution in [2.75, 3.05) is 13.2 Å². The highest BCUT2D eigenvalue weighted by atomic mass is 16.7. The molecule has 2 fully saturated rings. The number of rotatable bonds is 3. The lowest BCUT2D eigenvalue weighted by Gasteiger charge is -2.34. The quantitative estimate of drug-likeness (QED) is 0.840. The first kappa shape index (κ1) is 13.8. The Balaban J connectivity index is 1.76. The third-order valence-corrected chi connectivity index (χ3v) is 3.98. The number of amides is 1. The molecule has 0 aromatic rings. The highest BCUT2D eigenvalue weighted by Crippen LogP contribution is 2.39. The van der Waals surface area contributed by atoms with Gasteiger partial charge in [-0.1, -0.05) is 20.8 Å². The average Bonchev–Trinajstić information content (AvgIpc) is 2.74. The molecule has 1 N–H and O–H groups in total. The fourth-order valence-electron chi connectivity index (χ4n) is 2.60. The van der Waals surface area contributed by atoms with E-state index in [0.717, 1.165) is 18.8 Å². The van der Waals surface area contributed by atoms with Gasteiger partial charge >= 0.3 is 0 Å². The fourth-order valence-corrected chi connectivity index (χ4v) is 2.60. The van der Waals surface area contributed by atoms with Crippen molar-refractivity contribution in [2.24, 2.45) is 11.8 Å². The second kappa shape index (κ2) is 5.57. The Morgan fingerprint density at radius 2 is 2.06 bits per heavy atom. The Morgan fingerprint density at radius 3 is 2.67 bits per heavy atom. The summed E-state index contributed by atoms with van der Waals surface area (Å²) in [4.78, 5) is 11.5. The van der Waals surface area contributed by atoms with Crippen LogP contribution in [0.3, 0.4) is 0 Å². The first-order valence-corrected chi connectivity index (χ1v) is 7.10. The normalized spacial score (nSPS) is 36.2. The van der Waals surface area contributed by atoms with Gasteiger partial charge in [-0.2, -0.15) is 0 Å². The maximum Gasteiger partial charge on any atom is 0.222 e. The van der Waals surface area contributed by atoms with Crippen LogP contribution in [0.25, 0.3) is 0 Å². The summed E-state index contributed by atoms with van der Waals surface area (Å²) in [5.41, 5.74) is 0. The molecular weight excluding hydrogens is 230 g/mol. The molecule has 0 bridgehead atoms. The minimum Gasteiger partial charge on any atom is -0.353 e. The van der Waals surface area contributed by atoms with Crippen molar-refractivity contribution in [3.63, 3.8) is 0 Å². The van der Waals surface area contributed by atoms with Crippen molar-refractivity contribution >= 4 is 5.91 Å². The van der Waals surface area contributed by atoms with Gasteiger partial charge in [-0.25, -0.2) is 0 Å². The van der Waals surface area contributed by atoms with E-state index in [4.69, 9.17) is 9.47 Å². The molecule has 1 aliphatic carbocycles. The van der Waals surface area contributed by atoms with Gasteiger partial charge in [0, 0.05) is 25.3 Å². The second-order valence-electron chi connectivity index (χ2n) is 6.04. The van der Waals surface area contributed by atoms with Gasteiger partial charge in [0.05, 0.1) is 6.61 Å². The van der Waals surface area contributed by atoms with Crippen LogP contribution in [-0.2, 0) is 14.3 Å². The van der Waals surface area contributed by atoms with E-state index in [-0.39, 0.29) is 23.7 Å². The van der Waals surface area contributed by atoms with E-state index in [1.807, 2.05) is 13.8 Å². The van der Waals surface area contributed by atoms with Crippen LogP contribution in [0, 0.1) is 11.8 Å². The van der Waals surface area contributed by atoms with E-state index in [1.165, 1.54) is 12.8 Å². The molecule has 0 radical (unpaired) electrons. The number of hydrogen-bond acceptors (Lipinski definition) is 3. The van der Waals surface area contributed by atoms with Crippen molar-refractivity contribution in [2.45, 2.75) is 58.3 Å². The van der Waals surface area contributed by atoms with Gasteiger partial charge < -0.3 is 14.8 Å². The zero-order chi connectivity index (χ0) is 13.2. The first-order chi connectivity index (χ1) is 8.51.